The molecule has 1 saturated heterocycles. The van der Waals surface area contributed by atoms with Gasteiger partial charge < -0.3 is 9.88 Å². The van der Waals surface area contributed by atoms with Crippen molar-refractivity contribution in [2.24, 2.45) is 0 Å². The van der Waals surface area contributed by atoms with Crippen LogP contribution in [-0.4, -0.2) is 48.8 Å². The molecule has 6 heteroatoms. The van der Waals surface area contributed by atoms with Gasteiger partial charge in [0, 0.05) is 29.7 Å². The molecule has 0 aliphatic carbocycles. The fourth-order valence-corrected chi connectivity index (χ4v) is 5.65. The molecule has 1 aliphatic rings. The van der Waals surface area contributed by atoms with Crippen molar-refractivity contribution >= 4 is 26.6 Å². The summed E-state index contributed by atoms with van der Waals surface area (Å²) in [6, 6.07) is 7.72. The van der Waals surface area contributed by atoms with E-state index in [0.29, 0.717) is 6.42 Å². The molecule has 5 nitrogen and oxygen atoms in total. The van der Waals surface area contributed by atoms with Crippen molar-refractivity contribution < 1.29 is 13.2 Å². The maximum absolute atomic E-state index is 13.2. The van der Waals surface area contributed by atoms with Crippen LogP contribution in [0.25, 0.3) is 10.9 Å². The zero-order chi connectivity index (χ0) is 17.7. The van der Waals surface area contributed by atoms with Gasteiger partial charge in [0.25, 0.3) is 0 Å². The Kier molecular flexibility index (Phi) is 3.98. The molecule has 0 bridgehead atoms. The third-order valence-corrected chi connectivity index (χ3v) is 6.88. The first-order valence-electron chi connectivity index (χ1n) is 8.19. The molecule has 1 fully saturated rings. The quantitative estimate of drug-likeness (QED) is 0.926. The van der Waals surface area contributed by atoms with E-state index in [0.717, 1.165) is 22.2 Å². The van der Waals surface area contributed by atoms with E-state index < -0.39 is 15.3 Å². The summed E-state index contributed by atoms with van der Waals surface area (Å²) in [5.74, 6) is 0.192. The van der Waals surface area contributed by atoms with Crippen LogP contribution in [0.2, 0.25) is 0 Å². The third-order valence-electron chi connectivity index (χ3n) is 5.13. The summed E-state index contributed by atoms with van der Waals surface area (Å²) >= 11 is 0. The van der Waals surface area contributed by atoms with Gasteiger partial charge in [-0.15, -0.1) is 0 Å². The summed E-state index contributed by atoms with van der Waals surface area (Å²) in [6.07, 6.45) is 0.521. The van der Waals surface area contributed by atoms with Crippen LogP contribution < -0.4 is 0 Å². The first kappa shape index (κ1) is 17.0. The van der Waals surface area contributed by atoms with E-state index >= 15 is 0 Å². The third kappa shape index (κ3) is 2.73. The summed E-state index contributed by atoms with van der Waals surface area (Å²) < 4.78 is 23.5. The largest absolute Gasteiger partial charge is 0.358 e. The molecule has 2 aromatic rings. The summed E-state index contributed by atoms with van der Waals surface area (Å²) in [7, 11) is -1.29. The lowest BCUT2D eigenvalue weighted by atomic mass is 9.81. The standard InChI is InChI=1S/C18H24N2O3S/c1-12-16(14-7-5-6-8-15(14)19-12)18(2,3)17(21)20(4)13-9-10-24(22,23)11-13/h5-8,13,19H,9-11H2,1-4H3. The minimum atomic E-state index is -3.02. The number of sulfone groups is 1. The van der Waals surface area contributed by atoms with Crippen LogP contribution in [0.15, 0.2) is 24.3 Å². The number of nitrogens with zero attached hydrogens (tertiary/aromatic N) is 1. The van der Waals surface area contributed by atoms with Crippen molar-refractivity contribution in [3.05, 3.63) is 35.5 Å². The van der Waals surface area contributed by atoms with Crippen molar-refractivity contribution in [1.29, 1.82) is 0 Å². The average molecular weight is 348 g/mol. The molecule has 2 heterocycles. The topological polar surface area (TPSA) is 70.2 Å². The molecule has 0 spiro atoms. The van der Waals surface area contributed by atoms with E-state index in [1.54, 1.807) is 11.9 Å². The highest BCUT2D eigenvalue weighted by Gasteiger charge is 2.40. The van der Waals surface area contributed by atoms with Crippen molar-refractivity contribution in [2.75, 3.05) is 18.6 Å². The van der Waals surface area contributed by atoms with Gasteiger partial charge in [-0.2, -0.15) is 0 Å². The smallest absolute Gasteiger partial charge is 0.232 e. The van der Waals surface area contributed by atoms with Gasteiger partial charge in [-0.05, 0) is 38.8 Å². The number of aryl methyl sites for hydroxylation is 1. The van der Waals surface area contributed by atoms with Gasteiger partial charge in [-0.3, -0.25) is 4.79 Å². The SMILES string of the molecule is Cc1[nH]c2ccccc2c1C(C)(C)C(=O)N(C)C1CCS(=O)(=O)C1. The number of rotatable bonds is 3. The number of amides is 1. The Morgan fingerprint density at radius 2 is 1.96 bits per heavy atom. The molecule has 0 radical (unpaired) electrons. The van der Waals surface area contributed by atoms with Crippen molar-refractivity contribution in [1.82, 2.24) is 9.88 Å². The molecule has 24 heavy (non-hydrogen) atoms. The highest BCUT2D eigenvalue weighted by molar-refractivity contribution is 7.91. The van der Waals surface area contributed by atoms with Gasteiger partial charge in [-0.1, -0.05) is 18.2 Å². The van der Waals surface area contributed by atoms with Gasteiger partial charge in [0.15, 0.2) is 9.84 Å². The predicted octanol–water partition coefficient (Wildman–Crippen LogP) is 2.40. The van der Waals surface area contributed by atoms with E-state index in [-0.39, 0.29) is 23.5 Å². The Morgan fingerprint density at radius 3 is 2.58 bits per heavy atom. The highest BCUT2D eigenvalue weighted by Crippen LogP contribution is 2.35. The second kappa shape index (κ2) is 5.62. The monoisotopic (exact) mass is 348 g/mol. The van der Waals surface area contributed by atoms with Gasteiger partial charge in [-0.25, -0.2) is 8.42 Å². The minimum absolute atomic E-state index is 0.0440. The van der Waals surface area contributed by atoms with Crippen LogP contribution in [0.3, 0.4) is 0 Å². The first-order valence-corrected chi connectivity index (χ1v) is 10.0. The van der Waals surface area contributed by atoms with Crippen LogP contribution in [-0.2, 0) is 20.0 Å². The van der Waals surface area contributed by atoms with Crippen molar-refractivity contribution in [2.45, 2.75) is 38.6 Å². The van der Waals surface area contributed by atoms with E-state index in [2.05, 4.69) is 4.98 Å². The van der Waals surface area contributed by atoms with Crippen molar-refractivity contribution in [3.8, 4) is 0 Å². The lowest BCUT2D eigenvalue weighted by molar-refractivity contribution is -0.136. The van der Waals surface area contributed by atoms with E-state index in [1.165, 1.54) is 0 Å². The Morgan fingerprint density at radius 1 is 1.29 bits per heavy atom. The first-order chi connectivity index (χ1) is 11.1. The lowest BCUT2D eigenvalue weighted by Crippen LogP contribution is -2.47. The second-order valence-corrected chi connectivity index (χ2v) is 9.50. The molecule has 0 saturated carbocycles. The number of aromatic nitrogens is 1. The second-order valence-electron chi connectivity index (χ2n) is 7.27. The fourth-order valence-electron chi connectivity index (χ4n) is 3.88. The van der Waals surface area contributed by atoms with Gasteiger partial charge in [0.1, 0.15) is 0 Å². The summed E-state index contributed by atoms with van der Waals surface area (Å²) in [5, 5.41) is 1.04. The zero-order valence-electron chi connectivity index (χ0n) is 14.6. The molecular weight excluding hydrogens is 324 g/mol. The normalized spacial score (nSPS) is 20.4. The summed E-state index contributed by atoms with van der Waals surface area (Å²) in [4.78, 5) is 18.1. The number of likely N-dealkylation sites (N-methyl/N-ethyl adjacent to an activating group) is 1. The molecule has 130 valence electrons. The Bertz CT molecular complexity index is 896. The van der Waals surface area contributed by atoms with Crippen LogP contribution in [0, 0.1) is 6.92 Å². The number of fused-ring (bicyclic) bond motifs is 1. The van der Waals surface area contributed by atoms with Crippen LogP contribution in [0.4, 0.5) is 0 Å². The number of para-hydroxylation sites is 1. The number of H-pyrrole nitrogens is 1. The molecule has 1 unspecified atom stereocenters. The molecule has 1 aromatic heterocycles. The van der Waals surface area contributed by atoms with Crippen LogP contribution >= 0.6 is 0 Å². The number of benzene rings is 1. The fraction of sp³-hybridized carbons (Fsp3) is 0.500. The minimum Gasteiger partial charge on any atom is -0.358 e. The van der Waals surface area contributed by atoms with Gasteiger partial charge in [0.2, 0.25) is 5.91 Å². The Hall–Kier alpha value is -1.82. The Labute approximate surface area is 143 Å². The van der Waals surface area contributed by atoms with E-state index in [9.17, 15) is 13.2 Å². The Balaban J connectivity index is 1.97. The van der Waals surface area contributed by atoms with Crippen molar-refractivity contribution in [3.63, 3.8) is 0 Å². The van der Waals surface area contributed by atoms with E-state index in [1.807, 2.05) is 45.0 Å². The number of aromatic amines is 1. The maximum Gasteiger partial charge on any atom is 0.232 e. The number of nitrogens with one attached hydrogen (secondary N) is 1. The number of hydrogen-bond donors (Lipinski definition) is 1. The van der Waals surface area contributed by atoms with Crippen LogP contribution in [0.5, 0.6) is 0 Å². The van der Waals surface area contributed by atoms with Gasteiger partial charge >= 0.3 is 0 Å². The molecular formula is C18H24N2O3S. The highest BCUT2D eigenvalue weighted by atomic mass is 32.2. The van der Waals surface area contributed by atoms with E-state index in [4.69, 9.17) is 0 Å². The molecule has 1 N–H and O–H groups in total. The summed E-state index contributed by atoms with van der Waals surface area (Å²) in [6.45, 7) is 5.81. The number of carbonyl (C=O) groups excluding carboxylic acids is 1. The lowest BCUT2D eigenvalue weighted by Gasteiger charge is -2.33. The molecule has 1 atom stereocenters. The van der Waals surface area contributed by atoms with Gasteiger partial charge in [0.05, 0.1) is 16.9 Å². The van der Waals surface area contributed by atoms with Crippen LogP contribution in [0.1, 0.15) is 31.5 Å². The number of hydrogen-bond acceptors (Lipinski definition) is 3. The molecule has 1 amide bonds. The maximum atomic E-state index is 13.2. The molecule has 3 rings (SSSR count). The molecule has 1 aliphatic heterocycles. The zero-order valence-corrected chi connectivity index (χ0v) is 15.4. The average Bonchev–Trinajstić information content (AvgIpc) is 3.04. The predicted molar refractivity (Wildman–Crippen MR) is 95.9 cm³/mol. The molecule has 1 aromatic carbocycles. The summed E-state index contributed by atoms with van der Waals surface area (Å²) in [5.41, 5.74) is 2.24. The number of carbonyl (C=O) groups is 1.